The molecule has 0 fully saturated rings. The van der Waals surface area contributed by atoms with E-state index in [0.29, 0.717) is 25.0 Å². The summed E-state index contributed by atoms with van der Waals surface area (Å²) in [5.41, 5.74) is 5.42. The highest BCUT2D eigenvalue weighted by molar-refractivity contribution is 6.05. The summed E-state index contributed by atoms with van der Waals surface area (Å²) in [6, 6.07) is 18.0. The van der Waals surface area contributed by atoms with Crippen molar-refractivity contribution in [2.75, 3.05) is 13.2 Å². The van der Waals surface area contributed by atoms with Crippen molar-refractivity contribution in [3.05, 3.63) is 70.8 Å². The second-order valence-corrected chi connectivity index (χ2v) is 9.94. The number of hydrogen-bond acceptors (Lipinski definition) is 4. The van der Waals surface area contributed by atoms with E-state index in [1.54, 1.807) is 0 Å². The van der Waals surface area contributed by atoms with E-state index in [9.17, 15) is 0 Å². The lowest BCUT2D eigenvalue weighted by Gasteiger charge is -2.22. The fraction of sp³-hybridized carbons (Fsp3) is 0.481. The normalized spacial score (nSPS) is 29.1. The lowest BCUT2D eigenvalue weighted by molar-refractivity contribution is 0.254. The Morgan fingerprint density at radius 1 is 0.710 bits per heavy atom. The minimum absolute atomic E-state index is 0.192. The molecule has 0 amide bonds. The maximum absolute atomic E-state index is 6.18. The molecule has 0 radical (unpaired) electrons. The summed E-state index contributed by atoms with van der Waals surface area (Å²) in [6.45, 7) is 5.59. The van der Waals surface area contributed by atoms with Crippen LogP contribution in [0.1, 0.15) is 60.8 Å². The van der Waals surface area contributed by atoms with Crippen molar-refractivity contribution in [1.29, 1.82) is 0 Å². The first-order valence-electron chi connectivity index (χ1n) is 11.7. The van der Waals surface area contributed by atoms with Crippen LogP contribution >= 0.6 is 0 Å². The Labute approximate surface area is 184 Å². The van der Waals surface area contributed by atoms with Gasteiger partial charge in [-0.3, -0.25) is 0 Å². The monoisotopic (exact) mass is 414 g/mol. The average molecular weight is 415 g/mol. The van der Waals surface area contributed by atoms with E-state index in [2.05, 4.69) is 62.4 Å². The van der Waals surface area contributed by atoms with Gasteiger partial charge in [0.05, 0.1) is 12.1 Å². The highest BCUT2D eigenvalue weighted by atomic mass is 16.5. The second kappa shape index (κ2) is 7.22. The fourth-order valence-corrected chi connectivity index (χ4v) is 5.95. The van der Waals surface area contributed by atoms with Crippen LogP contribution in [0.25, 0.3) is 0 Å². The average Bonchev–Trinajstić information content (AvgIpc) is 3.58. The van der Waals surface area contributed by atoms with Crippen molar-refractivity contribution < 1.29 is 9.47 Å². The Bertz CT molecular complexity index is 987. The van der Waals surface area contributed by atoms with Gasteiger partial charge in [0.25, 0.3) is 0 Å². The fourth-order valence-electron chi connectivity index (χ4n) is 5.95. The molecule has 0 saturated heterocycles. The molecule has 160 valence electrons. The van der Waals surface area contributed by atoms with Crippen molar-refractivity contribution >= 4 is 11.8 Å². The van der Waals surface area contributed by atoms with Crippen LogP contribution < -0.4 is 0 Å². The zero-order chi connectivity index (χ0) is 21.0. The van der Waals surface area contributed by atoms with E-state index >= 15 is 0 Å². The van der Waals surface area contributed by atoms with Crippen LogP contribution in [0.3, 0.4) is 0 Å². The first kappa shape index (κ1) is 19.1. The molecule has 4 heteroatoms. The van der Waals surface area contributed by atoms with Gasteiger partial charge in [0, 0.05) is 11.8 Å². The van der Waals surface area contributed by atoms with E-state index in [-0.39, 0.29) is 12.1 Å². The molecule has 2 heterocycles. The summed E-state index contributed by atoms with van der Waals surface area (Å²) >= 11 is 0. The Balaban J connectivity index is 1.22. The van der Waals surface area contributed by atoms with Gasteiger partial charge < -0.3 is 9.47 Å². The number of aliphatic imine (C=N–C) groups is 2. The highest BCUT2D eigenvalue weighted by Gasteiger charge is 2.44. The molecule has 2 aliphatic heterocycles. The van der Waals surface area contributed by atoms with Gasteiger partial charge in [-0.25, -0.2) is 9.98 Å². The molecule has 0 N–H and O–H groups in total. The Kier molecular flexibility index (Phi) is 4.45. The molecule has 2 aromatic rings. The number of ether oxygens (including phenoxy) is 2. The van der Waals surface area contributed by atoms with Crippen molar-refractivity contribution in [2.24, 2.45) is 15.4 Å². The van der Waals surface area contributed by atoms with E-state index in [4.69, 9.17) is 19.5 Å². The third-order valence-electron chi connectivity index (χ3n) is 7.70. The van der Waals surface area contributed by atoms with Gasteiger partial charge in [-0.1, -0.05) is 48.5 Å². The smallest absolute Gasteiger partial charge is 0.199 e. The van der Waals surface area contributed by atoms with Gasteiger partial charge in [-0.2, -0.15) is 0 Å². The van der Waals surface area contributed by atoms with Gasteiger partial charge >= 0.3 is 0 Å². The maximum atomic E-state index is 6.18. The Morgan fingerprint density at radius 3 is 1.65 bits per heavy atom. The Hall–Kier alpha value is -2.62. The summed E-state index contributed by atoms with van der Waals surface area (Å²) in [5, 5.41) is 0. The van der Waals surface area contributed by atoms with Crippen LogP contribution in [0.5, 0.6) is 0 Å². The Morgan fingerprint density at radius 2 is 1.16 bits per heavy atom. The minimum Gasteiger partial charge on any atom is -0.478 e. The number of nitrogens with zero attached hydrogens (tertiary/aromatic N) is 2. The largest absolute Gasteiger partial charge is 0.478 e. The zero-order valence-corrected chi connectivity index (χ0v) is 18.4. The quantitative estimate of drug-likeness (QED) is 0.701. The second-order valence-electron chi connectivity index (χ2n) is 9.94. The van der Waals surface area contributed by atoms with E-state index in [1.807, 2.05) is 0 Å². The molecular formula is C27H30N2O2. The van der Waals surface area contributed by atoms with E-state index in [0.717, 1.165) is 37.5 Å². The van der Waals surface area contributed by atoms with Gasteiger partial charge in [0.1, 0.15) is 18.6 Å². The maximum Gasteiger partial charge on any atom is 0.199 e. The summed E-state index contributed by atoms with van der Waals surface area (Å²) in [6.07, 6.45) is 4.61. The van der Waals surface area contributed by atoms with Crippen LogP contribution in [-0.2, 0) is 22.3 Å². The van der Waals surface area contributed by atoms with Crippen molar-refractivity contribution in [3.63, 3.8) is 0 Å². The van der Waals surface area contributed by atoms with Gasteiger partial charge in [-0.05, 0) is 61.8 Å². The van der Waals surface area contributed by atoms with Crippen LogP contribution in [0.2, 0.25) is 0 Å². The molecule has 0 saturated carbocycles. The van der Waals surface area contributed by atoms with Crippen LogP contribution in [0, 0.1) is 5.41 Å². The summed E-state index contributed by atoms with van der Waals surface area (Å²) in [5.74, 6) is 2.48. The molecule has 6 rings (SSSR count). The molecule has 2 aliphatic carbocycles. The number of rotatable bonds is 4. The third kappa shape index (κ3) is 3.10. The lowest BCUT2D eigenvalue weighted by Crippen LogP contribution is -2.34. The molecule has 4 nitrogen and oxygen atoms in total. The summed E-state index contributed by atoms with van der Waals surface area (Å²) in [7, 11) is 0. The minimum atomic E-state index is -0.431. The molecular weight excluding hydrogens is 384 g/mol. The number of fused-ring (bicyclic) bond motifs is 2. The molecule has 0 bridgehead atoms. The number of benzene rings is 2. The van der Waals surface area contributed by atoms with E-state index < -0.39 is 5.41 Å². The topological polar surface area (TPSA) is 43.2 Å². The molecule has 4 atom stereocenters. The van der Waals surface area contributed by atoms with Crippen molar-refractivity contribution in [1.82, 2.24) is 0 Å². The first-order chi connectivity index (χ1) is 15.1. The van der Waals surface area contributed by atoms with Crippen molar-refractivity contribution in [3.8, 4) is 0 Å². The molecule has 0 spiro atoms. The number of aryl methyl sites for hydroxylation is 2. The molecule has 0 aromatic heterocycles. The number of hydrogen-bond donors (Lipinski definition) is 0. The lowest BCUT2D eigenvalue weighted by atomic mass is 9.91. The zero-order valence-electron chi connectivity index (χ0n) is 18.4. The predicted molar refractivity (Wildman–Crippen MR) is 123 cm³/mol. The van der Waals surface area contributed by atoms with Crippen molar-refractivity contribution in [2.45, 2.75) is 63.5 Å². The third-order valence-corrected chi connectivity index (χ3v) is 7.70. The molecule has 2 aromatic carbocycles. The first-order valence-corrected chi connectivity index (χ1v) is 11.7. The summed E-state index contributed by atoms with van der Waals surface area (Å²) in [4.78, 5) is 10.2. The summed E-state index contributed by atoms with van der Waals surface area (Å²) < 4.78 is 12.4. The van der Waals surface area contributed by atoms with E-state index in [1.165, 1.54) is 22.3 Å². The molecule has 4 aliphatic rings. The SMILES string of the molecule is CC(C)(C1=N[C@@H](C2CCc3ccccc32)CO1)C1=N[C@@H](C2CCc3ccccc32)CO1. The van der Waals surface area contributed by atoms with Gasteiger partial charge in [0.15, 0.2) is 11.8 Å². The molecule has 2 unspecified atom stereocenters. The van der Waals surface area contributed by atoms with Crippen LogP contribution in [0.15, 0.2) is 58.5 Å². The van der Waals surface area contributed by atoms with Crippen LogP contribution in [-0.4, -0.2) is 37.1 Å². The standard InChI is InChI=1S/C27H30N2O2/c1-27(2,25-28-23(15-30-25)21-13-11-17-7-3-5-9-19(17)21)26-29-24(16-31-26)22-14-12-18-8-4-6-10-20(18)22/h3-10,21-24H,11-16H2,1-2H3/t21?,22?,23-,24-/m1/s1. The van der Waals surface area contributed by atoms with Crippen LogP contribution in [0.4, 0.5) is 0 Å². The van der Waals surface area contributed by atoms with Gasteiger partial charge in [0.2, 0.25) is 0 Å². The van der Waals surface area contributed by atoms with Gasteiger partial charge in [-0.15, -0.1) is 0 Å². The highest BCUT2D eigenvalue weighted by Crippen LogP contribution is 2.42. The predicted octanol–water partition coefficient (Wildman–Crippen LogP) is 5.07. The molecule has 31 heavy (non-hydrogen) atoms.